The summed E-state index contributed by atoms with van der Waals surface area (Å²) in [6, 6.07) is 0. The first kappa shape index (κ1) is 11.6. The zero-order valence-corrected chi connectivity index (χ0v) is 8.02. The maximum absolute atomic E-state index is 8.37. The molecule has 0 aliphatic rings. The normalized spacial score (nSPS) is 10.0. The van der Waals surface area contributed by atoms with Crippen LogP contribution in [0, 0.1) is 0 Å². The molecule has 0 fully saturated rings. The van der Waals surface area contributed by atoms with Crippen molar-refractivity contribution in [3.8, 4) is 0 Å². The summed E-state index contributed by atoms with van der Waals surface area (Å²) in [5.74, 6) is 0. The summed E-state index contributed by atoms with van der Waals surface area (Å²) in [6.45, 7) is 1.50. The summed E-state index contributed by atoms with van der Waals surface area (Å²) < 4.78 is 10.2. The molecule has 0 unspecified atom stereocenters. The topological polar surface area (TPSA) is 58.9 Å². The Bertz CT molecular complexity index is 63.6. The fourth-order valence-corrected chi connectivity index (χ4v) is 1.24. The molecular formula is C6H14O4Ti. The Morgan fingerprint density at radius 2 is 1.36 bits per heavy atom. The Morgan fingerprint density at radius 1 is 0.909 bits per heavy atom. The van der Waals surface area contributed by atoms with Crippen LogP contribution < -0.4 is 0 Å². The van der Waals surface area contributed by atoms with Crippen molar-refractivity contribution in [2.45, 2.75) is 12.8 Å². The predicted octanol–water partition coefficient (Wildman–Crippen LogP) is -0.303. The third kappa shape index (κ3) is 10.6. The van der Waals surface area contributed by atoms with Gasteiger partial charge in [0.2, 0.25) is 0 Å². The number of aliphatic hydroxyl groups is 2. The molecule has 0 aliphatic heterocycles. The molecule has 0 atom stereocenters. The summed E-state index contributed by atoms with van der Waals surface area (Å²) in [7, 11) is 0. The van der Waals surface area contributed by atoms with Gasteiger partial charge in [-0.2, -0.15) is 0 Å². The Hall–Kier alpha value is 0.554. The first-order chi connectivity index (χ1) is 5.41. The summed E-state index contributed by atoms with van der Waals surface area (Å²) >= 11 is -0.741. The van der Waals surface area contributed by atoms with Crippen molar-refractivity contribution >= 4 is 0 Å². The van der Waals surface area contributed by atoms with E-state index in [1.807, 2.05) is 0 Å². The quantitative estimate of drug-likeness (QED) is 0.415. The standard InChI is InChI=1S/2C3H7O2.Ti/c2*4-2-1-3-5;/h2*4H,1-3H2;/q2*-1;+2. The van der Waals surface area contributed by atoms with Crippen molar-refractivity contribution in [3.63, 3.8) is 0 Å². The molecular weight excluding hydrogens is 184 g/mol. The molecule has 2 N–H and O–H groups in total. The molecule has 0 amide bonds. The van der Waals surface area contributed by atoms with Crippen LogP contribution in [-0.4, -0.2) is 36.6 Å². The van der Waals surface area contributed by atoms with Gasteiger partial charge in [0, 0.05) is 0 Å². The molecule has 0 spiro atoms. The van der Waals surface area contributed by atoms with E-state index in [9.17, 15) is 0 Å². The van der Waals surface area contributed by atoms with Crippen LogP contribution in [0.15, 0.2) is 0 Å². The van der Waals surface area contributed by atoms with Crippen molar-refractivity contribution in [2.24, 2.45) is 0 Å². The molecule has 4 nitrogen and oxygen atoms in total. The molecule has 0 aromatic rings. The number of hydrogen-bond donors (Lipinski definition) is 2. The van der Waals surface area contributed by atoms with E-state index in [-0.39, 0.29) is 13.2 Å². The molecule has 5 heteroatoms. The van der Waals surface area contributed by atoms with Crippen molar-refractivity contribution < 1.29 is 36.8 Å². The summed E-state index contributed by atoms with van der Waals surface area (Å²) in [5, 5.41) is 16.7. The molecule has 0 aromatic carbocycles. The third-order valence-corrected chi connectivity index (χ3v) is 1.93. The second-order valence-electron chi connectivity index (χ2n) is 1.93. The van der Waals surface area contributed by atoms with Gasteiger partial charge in [0.25, 0.3) is 0 Å². The van der Waals surface area contributed by atoms with Crippen LogP contribution in [0.2, 0.25) is 0 Å². The molecule has 0 aromatic heterocycles. The van der Waals surface area contributed by atoms with E-state index < -0.39 is 19.9 Å². The van der Waals surface area contributed by atoms with Crippen LogP contribution in [0.1, 0.15) is 12.8 Å². The van der Waals surface area contributed by atoms with Gasteiger partial charge in [0.15, 0.2) is 0 Å². The molecule has 0 rings (SSSR count). The van der Waals surface area contributed by atoms with Crippen LogP contribution in [0.25, 0.3) is 0 Å². The number of hydrogen-bond acceptors (Lipinski definition) is 4. The van der Waals surface area contributed by atoms with Crippen LogP contribution in [0.4, 0.5) is 0 Å². The second-order valence-corrected chi connectivity index (χ2v) is 3.10. The van der Waals surface area contributed by atoms with Gasteiger partial charge in [-0.25, -0.2) is 0 Å². The van der Waals surface area contributed by atoms with Crippen molar-refractivity contribution in [1.82, 2.24) is 0 Å². The van der Waals surface area contributed by atoms with Crippen molar-refractivity contribution in [2.75, 3.05) is 26.4 Å². The average Bonchev–Trinajstić information content (AvgIpc) is 2.03. The fraction of sp³-hybridized carbons (Fsp3) is 1.00. The average molecular weight is 198 g/mol. The monoisotopic (exact) mass is 198 g/mol. The van der Waals surface area contributed by atoms with E-state index in [4.69, 9.17) is 16.8 Å². The van der Waals surface area contributed by atoms with E-state index >= 15 is 0 Å². The van der Waals surface area contributed by atoms with Crippen LogP contribution in [-0.2, 0) is 26.6 Å². The van der Waals surface area contributed by atoms with Gasteiger partial charge in [-0.15, -0.1) is 0 Å². The first-order valence-electron chi connectivity index (χ1n) is 3.62. The van der Waals surface area contributed by atoms with Gasteiger partial charge in [-0.05, 0) is 0 Å². The molecule has 0 aliphatic carbocycles. The molecule has 0 saturated carbocycles. The van der Waals surface area contributed by atoms with E-state index in [1.54, 1.807) is 0 Å². The molecule has 0 heterocycles. The maximum atomic E-state index is 8.37. The second kappa shape index (κ2) is 10.6. The minimum atomic E-state index is -0.741. The van der Waals surface area contributed by atoms with E-state index in [0.29, 0.717) is 26.1 Å². The molecule has 0 saturated heterocycles. The van der Waals surface area contributed by atoms with Gasteiger partial charge in [0.1, 0.15) is 0 Å². The van der Waals surface area contributed by atoms with Gasteiger partial charge in [-0.3, -0.25) is 0 Å². The summed E-state index contributed by atoms with van der Waals surface area (Å²) in [4.78, 5) is 0. The third-order valence-electron chi connectivity index (χ3n) is 0.927. The van der Waals surface area contributed by atoms with Gasteiger partial charge < -0.3 is 0 Å². The van der Waals surface area contributed by atoms with Gasteiger partial charge >= 0.3 is 76.0 Å². The molecule has 0 radical (unpaired) electrons. The fourth-order valence-electron chi connectivity index (χ4n) is 0.398. The number of aliphatic hydroxyl groups excluding tert-OH is 2. The summed E-state index contributed by atoms with van der Waals surface area (Å²) in [6.07, 6.45) is 1.35. The Balaban J connectivity index is 2.69. The van der Waals surface area contributed by atoms with Gasteiger partial charge in [0.05, 0.1) is 0 Å². The predicted molar refractivity (Wildman–Crippen MR) is 35.3 cm³/mol. The Labute approximate surface area is 76.4 Å². The van der Waals surface area contributed by atoms with Crippen LogP contribution in [0.5, 0.6) is 0 Å². The number of rotatable bonds is 8. The minimum absolute atomic E-state index is 0.169. The van der Waals surface area contributed by atoms with E-state index in [2.05, 4.69) is 0 Å². The Kier molecular flexibility index (Phi) is 11.1. The molecule has 11 heavy (non-hydrogen) atoms. The van der Waals surface area contributed by atoms with Gasteiger partial charge in [-0.1, -0.05) is 0 Å². The van der Waals surface area contributed by atoms with Crippen LogP contribution >= 0.6 is 0 Å². The molecule has 0 bridgehead atoms. The van der Waals surface area contributed by atoms with E-state index in [1.165, 1.54) is 0 Å². The van der Waals surface area contributed by atoms with Crippen molar-refractivity contribution in [3.05, 3.63) is 0 Å². The first-order valence-corrected chi connectivity index (χ1v) is 4.89. The zero-order chi connectivity index (χ0) is 8.36. The summed E-state index contributed by atoms with van der Waals surface area (Å²) in [5.41, 5.74) is 0. The SMILES string of the molecule is OCCC[O][Ti][O]CCCO. The molecule has 66 valence electrons. The van der Waals surface area contributed by atoms with E-state index in [0.717, 1.165) is 0 Å². The Morgan fingerprint density at radius 3 is 1.73 bits per heavy atom. The zero-order valence-electron chi connectivity index (χ0n) is 6.45. The van der Waals surface area contributed by atoms with Crippen LogP contribution in [0.3, 0.4) is 0 Å². The van der Waals surface area contributed by atoms with Crippen molar-refractivity contribution in [1.29, 1.82) is 0 Å².